The van der Waals surface area contributed by atoms with Crippen molar-refractivity contribution in [3.63, 3.8) is 0 Å². The second kappa shape index (κ2) is 8.77. The van der Waals surface area contributed by atoms with Crippen molar-refractivity contribution in [3.8, 4) is 5.75 Å². The molecular formula is C22H26N6O. The summed E-state index contributed by atoms with van der Waals surface area (Å²) >= 11 is 0. The van der Waals surface area contributed by atoms with Gasteiger partial charge in [0.2, 0.25) is 5.95 Å². The lowest BCUT2D eigenvalue weighted by Gasteiger charge is -2.36. The van der Waals surface area contributed by atoms with Crippen molar-refractivity contribution < 1.29 is 4.74 Å². The first-order valence-corrected chi connectivity index (χ1v) is 9.84. The summed E-state index contributed by atoms with van der Waals surface area (Å²) < 4.78 is 5.24. The van der Waals surface area contributed by atoms with Crippen molar-refractivity contribution in [2.45, 2.75) is 13.5 Å². The van der Waals surface area contributed by atoms with E-state index in [9.17, 15) is 0 Å². The zero-order valence-electron chi connectivity index (χ0n) is 16.9. The number of rotatable bonds is 6. The lowest BCUT2D eigenvalue weighted by Crippen LogP contribution is -2.46. The minimum atomic E-state index is 0.556. The van der Waals surface area contributed by atoms with Gasteiger partial charge in [-0.3, -0.25) is 0 Å². The van der Waals surface area contributed by atoms with Crippen LogP contribution in [0, 0.1) is 6.92 Å². The van der Waals surface area contributed by atoms with Crippen LogP contribution in [-0.4, -0.2) is 48.5 Å². The van der Waals surface area contributed by atoms with Crippen LogP contribution in [0.3, 0.4) is 0 Å². The van der Waals surface area contributed by atoms with Gasteiger partial charge in [0, 0.05) is 38.4 Å². The van der Waals surface area contributed by atoms with Crippen molar-refractivity contribution in [2.75, 3.05) is 48.4 Å². The van der Waals surface area contributed by atoms with E-state index in [4.69, 9.17) is 4.74 Å². The maximum Gasteiger partial charge on any atom is 0.244 e. The van der Waals surface area contributed by atoms with Crippen molar-refractivity contribution in [3.05, 3.63) is 65.9 Å². The van der Waals surface area contributed by atoms with Crippen LogP contribution in [0.4, 0.5) is 17.5 Å². The topological polar surface area (TPSA) is 66.4 Å². The first-order valence-electron chi connectivity index (χ1n) is 9.84. The Hall–Kier alpha value is -3.35. The molecule has 0 aliphatic carbocycles. The summed E-state index contributed by atoms with van der Waals surface area (Å²) in [6.07, 6.45) is 1.74. The van der Waals surface area contributed by atoms with Gasteiger partial charge in [-0.05, 0) is 36.8 Å². The fourth-order valence-electron chi connectivity index (χ4n) is 3.40. The van der Waals surface area contributed by atoms with E-state index < -0.39 is 0 Å². The predicted octanol–water partition coefficient (Wildman–Crippen LogP) is 3.13. The van der Waals surface area contributed by atoms with Crippen molar-refractivity contribution in [1.82, 2.24) is 15.2 Å². The molecule has 1 N–H and O–H groups in total. The third-order valence-electron chi connectivity index (χ3n) is 5.16. The molecule has 1 aliphatic heterocycles. The molecule has 1 aromatic heterocycles. The molecule has 1 fully saturated rings. The minimum absolute atomic E-state index is 0.556. The molecule has 0 unspecified atom stereocenters. The van der Waals surface area contributed by atoms with Crippen LogP contribution >= 0.6 is 0 Å². The van der Waals surface area contributed by atoms with E-state index in [0.29, 0.717) is 12.5 Å². The summed E-state index contributed by atoms with van der Waals surface area (Å²) in [7, 11) is 1.69. The van der Waals surface area contributed by atoms with E-state index in [1.807, 2.05) is 12.1 Å². The molecule has 2 aromatic carbocycles. The Labute approximate surface area is 171 Å². The predicted molar refractivity (Wildman–Crippen MR) is 116 cm³/mol. The highest BCUT2D eigenvalue weighted by Gasteiger charge is 2.19. The van der Waals surface area contributed by atoms with Crippen LogP contribution in [0.15, 0.2) is 54.7 Å². The maximum absolute atomic E-state index is 5.24. The molecular weight excluding hydrogens is 364 g/mol. The first kappa shape index (κ1) is 19.0. The Kier molecular flexibility index (Phi) is 5.74. The van der Waals surface area contributed by atoms with Crippen LogP contribution in [0.1, 0.15) is 11.1 Å². The van der Waals surface area contributed by atoms with Crippen LogP contribution < -0.4 is 19.9 Å². The summed E-state index contributed by atoms with van der Waals surface area (Å²) in [5.74, 6) is 2.30. The summed E-state index contributed by atoms with van der Waals surface area (Å²) in [6, 6.07) is 16.6. The number of anilines is 3. The van der Waals surface area contributed by atoms with Gasteiger partial charge in [0.1, 0.15) is 5.75 Å². The monoisotopic (exact) mass is 390 g/mol. The Morgan fingerprint density at radius 2 is 1.62 bits per heavy atom. The van der Waals surface area contributed by atoms with E-state index in [2.05, 4.69) is 73.6 Å². The zero-order valence-corrected chi connectivity index (χ0v) is 16.9. The Bertz CT molecular complexity index is 921. The number of ether oxygens (including phenoxy) is 1. The number of nitrogens with zero attached hydrogens (tertiary/aromatic N) is 5. The molecule has 150 valence electrons. The molecule has 29 heavy (non-hydrogen) atoms. The van der Waals surface area contributed by atoms with E-state index in [1.54, 1.807) is 13.3 Å². The fraction of sp³-hybridized carbons (Fsp3) is 0.318. The highest BCUT2D eigenvalue weighted by atomic mass is 16.5. The van der Waals surface area contributed by atoms with Crippen molar-refractivity contribution in [2.24, 2.45) is 0 Å². The third-order valence-corrected chi connectivity index (χ3v) is 5.16. The van der Waals surface area contributed by atoms with Gasteiger partial charge in [-0.2, -0.15) is 10.1 Å². The Morgan fingerprint density at radius 1 is 0.931 bits per heavy atom. The number of hydrogen-bond donors (Lipinski definition) is 1. The van der Waals surface area contributed by atoms with Crippen molar-refractivity contribution >= 4 is 17.5 Å². The fourth-order valence-corrected chi connectivity index (χ4v) is 3.40. The third kappa shape index (κ3) is 4.74. The van der Waals surface area contributed by atoms with Gasteiger partial charge in [0.25, 0.3) is 0 Å². The molecule has 1 saturated heterocycles. The quantitative estimate of drug-likeness (QED) is 0.694. The van der Waals surface area contributed by atoms with Crippen LogP contribution in [0.2, 0.25) is 0 Å². The summed E-state index contributed by atoms with van der Waals surface area (Å²) in [5.41, 5.74) is 3.66. The van der Waals surface area contributed by atoms with Crippen LogP contribution in [0.25, 0.3) is 0 Å². The zero-order chi connectivity index (χ0) is 20.1. The lowest BCUT2D eigenvalue weighted by molar-refractivity contribution is 0.415. The molecule has 0 saturated carbocycles. The molecule has 7 heteroatoms. The number of aromatic nitrogens is 3. The average Bonchev–Trinajstić information content (AvgIpc) is 2.79. The summed E-state index contributed by atoms with van der Waals surface area (Å²) in [4.78, 5) is 9.29. The highest BCUT2D eigenvalue weighted by Crippen LogP contribution is 2.22. The molecule has 2 heterocycles. The second-order valence-corrected chi connectivity index (χ2v) is 7.15. The number of aryl methyl sites for hydroxylation is 1. The normalized spacial score (nSPS) is 14.0. The standard InChI is InChI=1S/C22H26N6O/c1-17-3-5-18(6-4-17)15-23-22-25-21(16-24-26-22)28-13-11-27(12-14-28)19-7-9-20(29-2)10-8-19/h3-10,16H,11-15H2,1-2H3,(H,23,25,26). The minimum Gasteiger partial charge on any atom is -0.497 e. The van der Waals surface area contributed by atoms with E-state index >= 15 is 0 Å². The number of methoxy groups -OCH3 is 1. The summed E-state index contributed by atoms with van der Waals surface area (Å²) in [6.45, 7) is 6.41. The van der Waals surface area contributed by atoms with Gasteiger partial charge >= 0.3 is 0 Å². The van der Waals surface area contributed by atoms with E-state index in [0.717, 1.165) is 37.7 Å². The molecule has 1 aliphatic rings. The number of hydrogen-bond acceptors (Lipinski definition) is 7. The molecule has 0 amide bonds. The Balaban J connectivity index is 1.34. The summed E-state index contributed by atoms with van der Waals surface area (Å²) in [5, 5.41) is 11.5. The van der Waals surface area contributed by atoms with Gasteiger partial charge in [-0.25, -0.2) is 0 Å². The van der Waals surface area contributed by atoms with E-state index in [-0.39, 0.29) is 0 Å². The molecule has 0 spiro atoms. The number of piperazine rings is 1. The van der Waals surface area contributed by atoms with Gasteiger partial charge < -0.3 is 19.9 Å². The Morgan fingerprint density at radius 3 is 2.31 bits per heavy atom. The molecule has 3 aromatic rings. The van der Waals surface area contributed by atoms with Gasteiger partial charge in [-0.1, -0.05) is 29.8 Å². The van der Waals surface area contributed by atoms with E-state index in [1.165, 1.54) is 16.8 Å². The molecule has 0 bridgehead atoms. The molecule has 7 nitrogen and oxygen atoms in total. The maximum atomic E-state index is 5.24. The highest BCUT2D eigenvalue weighted by molar-refractivity contribution is 5.51. The smallest absolute Gasteiger partial charge is 0.244 e. The lowest BCUT2D eigenvalue weighted by atomic mass is 10.1. The van der Waals surface area contributed by atoms with Gasteiger partial charge in [-0.15, -0.1) is 5.10 Å². The first-order chi connectivity index (χ1) is 14.2. The van der Waals surface area contributed by atoms with Crippen molar-refractivity contribution in [1.29, 1.82) is 0 Å². The van der Waals surface area contributed by atoms with Gasteiger partial charge in [0.15, 0.2) is 5.82 Å². The second-order valence-electron chi connectivity index (χ2n) is 7.15. The van der Waals surface area contributed by atoms with Crippen LogP contribution in [0.5, 0.6) is 5.75 Å². The largest absolute Gasteiger partial charge is 0.497 e. The average molecular weight is 390 g/mol. The number of nitrogens with one attached hydrogen (secondary N) is 1. The molecule has 0 radical (unpaired) electrons. The van der Waals surface area contributed by atoms with Gasteiger partial charge in [0.05, 0.1) is 13.3 Å². The SMILES string of the molecule is COc1ccc(N2CCN(c3cnnc(NCc4ccc(C)cc4)n3)CC2)cc1. The molecule has 0 atom stereocenters. The van der Waals surface area contributed by atoms with Crippen LogP contribution in [-0.2, 0) is 6.54 Å². The molecule has 4 rings (SSSR count). The number of benzene rings is 2.